The summed E-state index contributed by atoms with van der Waals surface area (Å²) in [5, 5.41) is 2.92. The van der Waals surface area contributed by atoms with Crippen LogP contribution in [0.4, 0.5) is 10.1 Å². The number of benzene rings is 2. The first kappa shape index (κ1) is 29.3. The SMILES string of the molecule is CCCCNC(=O)[C@@H](CC)N(Cc1ccc(C)cc1)C(=O)CCCN(c1ccccc1F)S(C)(=O)=O. The van der Waals surface area contributed by atoms with Crippen LogP contribution in [0.1, 0.15) is 57.1 Å². The molecule has 36 heavy (non-hydrogen) atoms. The van der Waals surface area contributed by atoms with Gasteiger partial charge < -0.3 is 10.2 Å². The maximum atomic E-state index is 14.3. The summed E-state index contributed by atoms with van der Waals surface area (Å²) in [4.78, 5) is 27.9. The van der Waals surface area contributed by atoms with E-state index in [-0.39, 0.29) is 43.4 Å². The van der Waals surface area contributed by atoms with Gasteiger partial charge in [0.05, 0.1) is 11.9 Å². The molecule has 9 heteroatoms. The standard InChI is InChI=1S/C27H38FN3O4S/c1-5-7-18-29-27(33)24(6-2)30(20-22-16-14-21(3)15-17-22)26(32)13-10-19-31(36(4,34)35)25-12-9-8-11-23(25)28/h8-9,11-12,14-17,24H,5-7,10,13,18-20H2,1-4H3,(H,29,33)/t24-/m1/s1. The van der Waals surface area contributed by atoms with Gasteiger partial charge in [-0.25, -0.2) is 12.8 Å². The van der Waals surface area contributed by atoms with Crippen LogP contribution < -0.4 is 9.62 Å². The molecule has 0 spiro atoms. The molecule has 0 saturated carbocycles. The highest BCUT2D eigenvalue weighted by Crippen LogP contribution is 2.22. The second-order valence-corrected chi connectivity index (χ2v) is 10.9. The molecule has 1 atom stereocenters. The van der Waals surface area contributed by atoms with E-state index in [1.54, 1.807) is 11.0 Å². The first-order valence-corrected chi connectivity index (χ1v) is 14.3. The summed E-state index contributed by atoms with van der Waals surface area (Å²) in [6.07, 6.45) is 3.45. The number of carbonyl (C=O) groups is 2. The lowest BCUT2D eigenvalue weighted by molar-refractivity contribution is -0.141. The van der Waals surface area contributed by atoms with Crippen LogP contribution >= 0.6 is 0 Å². The first-order chi connectivity index (χ1) is 17.1. The fraction of sp³-hybridized carbons (Fsp3) is 0.481. The van der Waals surface area contributed by atoms with Gasteiger partial charge in [0.1, 0.15) is 11.9 Å². The fourth-order valence-corrected chi connectivity index (χ4v) is 4.92. The number of hydrogen-bond donors (Lipinski definition) is 1. The summed E-state index contributed by atoms with van der Waals surface area (Å²) < 4.78 is 40.0. The van der Waals surface area contributed by atoms with Crippen molar-refractivity contribution in [2.24, 2.45) is 0 Å². The molecule has 198 valence electrons. The average molecular weight is 520 g/mol. The van der Waals surface area contributed by atoms with Gasteiger partial charge in [0, 0.05) is 26.1 Å². The molecule has 0 heterocycles. The molecule has 0 radical (unpaired) electrons. The number of carbonyl (C=O) groups excluding carboxylic acids is 2. The predicted molar refractivity (Wildman–Crippen MR) is 142 cm³/mol. The van der Waals surface area contributed by atoms with Crippen LogP contribution in [0.25, 0.3) is 0 Å². The zero-order valence-electron chi connectivity index (χ0n) is 21.7. The van der Waals surface area contributed by atoms with Gasteiger partial charge >= 0.3 is 0 Å². The van der Waals surface area contributed by atoms with Gasteiger partial charge in [-0.2, -0.15) is 0 Å². The number of unbranched alkanes of at least 4 members (excludes halogenated alkanes) is 1. The van der Waals surface area contributed by atoms with Crippen molar-refractivity contribution in [3.8, 4) is 0 Å². The van der Waals surface area contributed by atoms with Crippen LogP contribution in [0.5, 0.6) is 0 Å². The van der Waals surface area contributed by atoms with E-state index in [0.717, 1.165) is 34.5 Å². The zero-order chi connectivity index (χ0) is 26.7. The second-order valence-electron chi connectivity index (χ2n) is 8.97. The fourth-order valence-electron chi connectivity index (χ4n) is 3.95. The number of aryl methyl sites for hydroxylation is 1. The van der Waals surface area contributed by atoms with E-state index in [9.17, 15) is 22.4 Å². The minimum absolute atomic E-state index is 0.0189. The molecule has 0 aliphatic carbocycles. The number of nitrogens with zero attached hydrogens (tertiary/aromatic N) is 2. The smallest absolute Gasteiger partial charge is 0.242 e. The Labute approximate surface area is 214 Å². The summed E-state index contributed by atoms with van der Waals surface area (Å²) in [5.74, 6) is -1.10. The third-order valence-electron chi connectivity index (χ3n) is 5.96. The Bertz CT molecular complexity index is 1110. The maximum Gasteiger partial charge on any atom is 0.242 e. The van der Waals surface area contributed by atoms with Crippen LogP contribution in [-0.2, 0) is 26.2 Å². The number of halogens is 1. The van der Waals surface area contributed by atoms with Crippen molar-refractivity contribution in [2.45, 2.75) is 65.5 Å². The minimum atomic E-state index is -3.75. The number of hydrogen-bond acceptors (Lipinski definition) is 4. The third-order valence-corrected chi connectivity index (χ3v) is 7.14. The van der Waals surface area contributed by atoms with Gasteiger partial charge in [-0.05, 0) is 43.9 Å². The topological polar surface area (TPSA) is 86.8 Å². The Kier molecular flexibility index (Phi) is 11.4. The van der Waals surface area contributed by atoms with Gasteiger partial charge in [-0.1, -0.05) is 62.2 Å². The highest BCUT2D eigenvalue weighted by Gasteiger charge is 2.29. The highest BCUT2D eigenvalue weighted by molar-refractivity contribution is 7.92. The van der Waals surface area contributed by atoms with Crippen molar-refractivity contribution in [3.05, 3.63) is 65.5 Å². The van der Waals surface area contributed by atoms with Crippen molar-refractivity contribution in [2.75, 3.05) is 23.7 Å². The summed E-state index contributed by atoms with van der Waals surface area (Å²) in [5.41, 5.74) is 1.94. The van der Waals surface area contributed by atoms with Gasteiger partial charge in [-0.3, -0.25) is 13.9 Å². The number of amides is 2. The lowest BCUT2D eigenvalue weighted by atomic mass is 10.1. The van der Waals surface area contributed by atoms with E-state index >= 15 is 0 Å². The molecule has 2 aromatic carbocycles. The van der Waals surface area contributed by atoms with E-state index in [1.165, 1.54) is 18.2 Å². The first-order valence-electron chi connectivity index (χ1n) is 12.4. The molecule has 0 bridgehead atoms. The summed E-state index contributed by atoms with van der Waals surface area (Å²) in [7, 11) is -3.75. The van der Waals surface area contributed by atoms with Crippen LogP contribution in [0.15, 0.2) is 48.5 Å². The average Bonchev–Trinajstić information content (AvgIpc) is 2.83. The van der Waals surface area contributed by atoms with Gasteiger partial charge in [0.2, 0.25) is 21.8 Å². The van der Waals surface area contributed by atoms with Gasteiger partial charge in [0.25, 0.3) is 0 Å². The van der Waals surface area contributed by atoms with Gasteiger partial charge in [0.15, 0.2) is 0 Å². The van der Waals surface area contributed by atoms with Crippen molar-refractivity contribution < 1.29 is 22.4 Å². The molecular weight excluding hydrogens is 481 g/mol. The molecular formula is C27H38FN3O4S. The van der Waals surface area contributed by atoms with Crippen molar-refractivity contribution in [1.29, 1.82) is 0 Å². The maximum absolute atomic E-state index is 14.3. The Morgan fingerprint density at radius 1 is 1.03 bits per heavy atom. The van der Waals surface area contributed by atoms with Crippen molar-refractivity contribution in [3.63, 3.8) is 0 Å². The summed E-state index contributed by atoms with van der Waals surface area (Å²) >= 11 is 0. The molecule has 0 saturated heterocycles. The molecule has 0 unspecified atom stereocenters. The number of para-hydroxylation sites is 1. The molecule has 0 fully saturated rings. The lowest BCUT2D eigenvalue weighted by Gasteiger charge is -2.31. The molecule has 0 aliphatic heterocycles. The zero-order valence-corrected chi connectivity index (χ0v) is 22.5. The van der Waals surface area contributed by atoms with Crippen LogP contribution in [0, 0.1) is 12.7 Å². The second kappa shape index (κ2) is 14.0. The van der Waals surface area contributed by atoms with E-state index in [2.05, 4.69) is 5.32 Å². The summed E-state index contributed by atoms with van der Waals surface area (Å²) in [6, 6.07) is 12.8. The molecule has 2 rings (SSSR count). The van der Waals surface area contributed by atoms with E-state index in [0.29, 0.717) is 13.0 Å². The van der Waals surface area contributed by atoms with Crippen LogP contribution in [-0.4, -0.2) is 50.5 Å². The molecule has 0 aliphatic rings. The quantitative estimate of drug-likeness (QED) is 0.375. The molecule has 2 aromatic rings. The Hall–Kier alpha value is -2.94. The number of anilines is 1. The van der Waals surface area contributed by atoms with Gasteiger partial charge in [-0.15, -0.1) is 0 Å². The van der Waals surface area contributed by atoms with Crippen molar-refractivity contribution >= 4 is 27.5 Å². The Morgan fingerprint density at radius 2 is 1.69 bits per heavy atom. The lowest BCUT2D eigenvalue weighted by Crippen LogP contribution is -2.49. The van der Waals surface area contributed by atoms with E-state index < -0.39 is 21.9 Å². The van der Waals surface area contributed by atoms with Crippen molar-refractivity contribution in [1.82, 2.24) is 10.2 Å². The highest BCUT2D eigenvalue weighted by atomic mass is 32.2. The van der Waals surface area contributed by atoms with E-state index in [1.807, 2.05) is 45.0 Å². The molecule has 0 aromatic heterocycles. The van der Waals surface area contributed by atoms with Crippen LogP contribution in [0.2, 0.25) is 0 Å². The number of rotatable bonds is 14. The monoisotopic (exact) mass is 519 g/mol. The largest absolute Gasteiger partial charge is 0.354 e. The molecule has 2 amide bonds. The normalized spacial score (nSPS) is 12.1. The number of sulfonamides is 1. The third kappa shape index (κ3) is 8.62. The van der Waals surface area contributed by atoms with E-state index in [4.69, 9.17) is 0 Å². The van der Waals surface area contributed by atoms with Crippen LogP contribution in [0.3, 0.4) is 0 Å². The molecule has 7 nitrogen and oxygen atoms in total. The Morgan fingerprint density at radius 3 is 2.28 bits per heavy atom. The minimum Gasteiger partial charge on any atom is -0.354 e. The number of nitrogens with one attached hydrogen (secondary N) is 1. The summed E-state index contributed by atoms with van der Waals surface area (Å²) in [6.45, 7) is 6.64. The predicted octanol–water partition coefficient (Wildman–Crippen LogP) is 4.40. The molecule has 1 N–H and O–H groups in total. The Balaban J connectivity index is 2.20.